The molecule has 0 radical (unpaired) electrons. The second kappa shape index (κ2) is 6.79. The molecule has 100 valence electrons. The topological polar surface area (TPSA) is 61.3 Å². The first kappa shape index (κ1) is 13.4. The Balaban J connectivity index is 1.97. The average Bonchev–Trinajstić information content (AvgIpc) is 2.89. The van der Waals surface area contributed by atoms with Crippen LogP contribution in [-0.4, -0.2) is 11.9 Å². The molecule has 0 amide bonds. The monoisotopic (exact) mass is 257 g/mol. The molecule has 0 saturated heterocycles. The fraction of sp³-hybridized carbons (Fsp3) is 0.467. The summed E-state index contributed by atoms with van der Waals surface area (Å²) < 4.78 is 5.22. The first-order valence-corrected chi connectivity index (χ1v) is 6.73. The van der Waals surface area contributed by atoms with Crippen molar-refractivity contribution in [2.75, 3.05) is 0 Å². The maximum Gasteiger partial charge on any atom is 0.207 e. The summed E-state index contributed by atoms with van der Waals surface area (Å²) >= 11 is 0. The van der Waals surface area contributed by atoms with Crippen molar-refractivity contribution < 1.29 is 4.42 Å². The second-order valence-electron chi connectivity index (χ2n) is 5.06. The lowest BCUT2D eigenvalue weighted by molar-refractivity contribution is 0.326. The van der Waals surface area contributed by atoms with E-state index in [1.807, 2.05) is 24.4 Å². The van der Waals surface area contributed by atoms with Gasteiger partial charge in [0.25, 0.3) is 0 Å². The Hall–Kier alpha value is -2.02. The number of furan rings is 1. The van der Waals surface area contributed by atoms with Crippen LogP contribution in [0, 0.1) is 17.4 Å². The van der Waals surface area contributed by atoms with Gasteiger partial charge in [0.2, 0.25) is 6.19 Å². The lowest BCUT2D eigenvalue weighted by Gasteiger charge is -2.27. The van der Waals surface area contributed by atoms with Crippen LogP contribution in [-0.2, 0) is 0 Å². The lowest BCUT2D eigenvalue weighted by Crippen LogP contribution is -2.37. The third-order valence-corrected chi connectivity index (χ3v) is 3.41. The van der Waals surface area contributed by atoms with Crippen molar-refractivity contribution in [2.24, 2.45) is 10.9 Å². The normalized spacial score (nSPS) is 24.3. The van der Waals surface area contributed by atoms with E-state index in [1.54, 1.807) is 12.3 Å². The predicted molar refractivity (Wildman–Crippen MR) is 75.3 cm³/mol. The minimum absolute atomic E-state index is 0.414. The van der Waals surface area contributed by atoms with Gasteiger partial charge in [-0.2, -0.15) is 10.3 Å². The van der Waals surface area contributed by atoms with Crippen molar-refractivity contribution in [3.8, 4) is 6.19 Å². The highest BCUT2D eigenvalue weighted by Gasteiger charge is 2.19. The zero-order chi connectivity index (χ0) is 13.5. The molecule has 1 fully saturated rings. The largest absolute Gasteiger partial charge is 0.465 e. The van der Waals surface area contributed by atoms with E-state index in [9.17, 15) is 0 Å². The molecule has 1 N–H and O–H groups in total. The van der Waals surface area contributed by atoms with Crippen molar-refractivity contribution in [2.45, 2.75) is 38.6 Å². The quantitative estimate of drug-likeness (QED) is 0.513. The SMILES string of the molecule is CC1CCCC(NC(/C=C/c2ccco2)=N/C#N)C1. The molecule has 4 nitrogen and oxygen atoms in total. The van der Waals surface area contributed by atoms with Gasteiger partial charge in [0.15, 0.2) is 0 Å². The van der Waals surface area contributed by atoms with E-state index in [2.05, 4.69) is 17.2 Å². The molecule has 1 aliphatic carbocycles. The van der Waals surface area contributed by atoms with E-state index in [0.717, 1.165) is 24.5 Å². The number of rotatable bonds is 3. The summed E-state index contributed by atoms with van der Waals surface area (Å²) in [6.45, 7) is 2.27. The van der Waals surface area contributed by atoms with Gasteiger partial charge in [0, 0.05) is 6.04 Å². The highest BCUT2D eigenvalue weighted by molar-refractivity contribution is 5.96. The van der Waals surface area contributed by atoms with Gasteiger partial charge in [-0.15, -0.1) is 0 Å². The number of hydrogen-bond acceptors (Lipinski definition) is 3. The highest BCUT2D eigenvalue weighted by atomic mass is 16.3. The summed E-state index contributed by atoms with van der Waals surface area (Å²) in [6, 6.07) is 4.11. The predicted octanol–water partition coefficient (Wildman–Crippen LogP) is 3.34. The van der Waals surface area contributed by atoms with Crippen molar-refractivity contribution in [1.82, 2.24) is 5.32 Å². The molecule has 0 aliphatic heterocycles. The van der Waals surface area contributed by atoms with E-state index in [0.29, 0.717) is 11.9 Å². The smallest absolute Gasteiger partial charge is 0.207 e. The Morgan fingerprint density at radius 1 is 1.58 bits per heavy atom. The number of nitrogens with one attached hydrogen (secondary N) is 1. The van der Waals surface area contributed by atoms with Crippen molar-refractivity contribution in [3.63, 3.8) is 0 Å². The van der Waals surface area contributed by atoms with Crippen LogP contribution < -0.4 is 5.32 Å². The second-order valence-corrected chi connectivity index (χ2v) is 5.06. The van der Waals surface area contributed by atoms with Gasteiger partial charge in [-0.3, -0.25) is 0 Å². The molecule has 19 heavy (non-hydrogen) atoms. The fourth-order valence-corrected chi connectivity index (χ4v) is 2.49. The molecule has 2 atom stereocenters. The van der Waals surface area contributed by atoms with Crippen molar-refractivity contribution in [1.29, 1.82) is 5.26 Å². The summed E-state index contributed by atoms with van der Waals surface area (Å²) in [5.41, 5.74) is 0. The lowest BCUT2D eigenvalue weighted by atomic mass is 9.87. The van der Waals surface area contributed by atoms with Crippen LogP contribution >= 0.6 is 0 Å². The zero-order valence-electron chi connectivity index (χ0n) is 11.2. The van der Waals surface area contributed by atoms with Gasteiger partial charge < -0.3 is 9.73 Å². The molecule has 1 heterocycles. The van der Waals surface area contributed by atoms with Gasteiger partial charge in [-0.25, -0.2) is 0 Å². The maximum atomic E-state index is 8.74. The van der Waals surface area contributed by atoms with Crippen LogP contribution in [0.2, 0.25) is 0 Å². The molecular formula is C15H19N3O. The van der Waals surface area contributed by atoms with Gasteiger partial charge in [0.1, 0.15) is 11.6 Å². The van der Waals surface area contributed by atoms with E-state index in [4.69, 9.17) is 9.68 Å². The molecule has 2 unspecified atom stereocenters. The van der Waals surface area contributed by atoms with E-state index in [-0.39, 0.29) is 0 Å². The Labute approximate surface area is 113 Å². The third kappa shape index (κ3) is 4.29. The van der Waals surface area contributed by atoms with Crippen LogP contribution in [0.5, 0.6) is 0 Å². The minimum atomic E-state index is 0.414. The maximum absolute atomic E-state index is 8.74. The molecule has 4 heteroatoms. The Kier molecular flexibility index (Phi) is 4.79. The molecule has 1 saturated carbocycles. The first-order valence-electron chi connectivity index (χ1n) is 6.73. The highest BCUT2D eigenvalue weighted by Crippen LogP contribution is 2.23. The first-order chi connectivity index (χ1) is 9.28. The fourth-order valence-electron chi connectivity index (χ4n) is 2.49. The molecule has 0 spiro atoms. The van der Waals surface area contributed by atoms with E-state index < -0.39 is 0 Å². The Morgan fingerprint density at radius 3 is 3.16 bits per heavy atom. The van der Waals surface area contributed by atoms with E-state index in [1.165, 1.54) is 12.8 Å². The number of nitriles is 1. The van der Waals surface area contributed by atoms with Crippen LogP contribution in [0.4, 0.5) is 0 Å². The molecule has 2 rings (SSSR count). The van der Waals surface area contributed by atoms with Gasteiger partial charge in [-0.1, -0.05) is 19.8 Å². The van der Waals surface area contributed by atoms with Crippen LogP contribution in [0.1, 0.15) is 38.4 Å². The molecule has 0 bridgehead atoms. The van der Waals surface area contributed by atoms with Crippen molar-refractivity contribution >= 4 is 11.9 Å². The van der Waals surface area contributed by atoms with Gasteiger partial charge in [-0.05, 0) is 43.0 Å². The van der Waals surface area contributed by atoms with Crippen LogP contribution in [0.25, 0.3) is 6.08 Å². The standard InChI is InChI=1S/C15H19N3O/c1-12-4-2-5-13(10-12)18-15(17-11-16)8-7-14-6-3-9-19-14/h3,6-9,12-13H,2,4-5,10H2,1H3,(H,17,18)/b8-7+. The zero-order valence-corrected chi connectivity index (χ0v) is 11.2. The molecular weight excluding hydrogens is 238 g/mol. The molecule has 1 aromatic heterocycles. The van der Waals surface area contributed by atoms with Crippen LogP contribution in [0.3, 0.4) is 0 Å². The number of aliphatic imine (C=N–C) groups is 1. The third-order valence-electron chi connectivity index (χ3n) is 3.41. The Bertz CT molecular complexity index is 482. The Morgan fingerprint density at radius 2 is 2.47 bits per heavy atom. The van der Waals surface area contributed by atoms with E-state index >= 15 is 0 Å². The van der Waals surface area contributed by atoms with Crippen LogP contribution in [0.15, 0.2) is 33.9 Å². The molecule has 0 aromatic carbocycles. The molecule has 1 aliphatic rings. The van der Waals surface area contributed by atoms with Gasteiger partial charge >= 0.3 is 0 Å². The number of hydrogen-bond donors (Lipinski definition) is 1. The summed E-state index contributed by atoms with van der Waals surface area (Å²) in [5.74, 6) is 2.10. The molecule has 1 aromatic rings. The number of amidine groups is 1. The van der Waals surface area contributed by atoms with Crippen molar-refractivity contribution in [3.05, 3.63) is 30.2 Å². The summed E-state index contributed by atoms with van der Waals surface area (Å²) in [6.07, 6.45) is 11.9. The summed E-state index contributed by atoms with van der Waals surface area (Å²) in [7, 11) is 0. The minimum Gasteiger partial charge on any atom is -0.465 e. The van der Waals surface area contributed by atoms with Gasteiger partial charge in [0.05, 0.1) is 6.26 Å². The summed E-state index contributed by atoms with van der Waals surface area (Å²) in [5, 5.41) is 12.1. The summed E-state index contributed by atoms with van der Waals surface area (Å²) in [4.78, 5) is 3.83. The number of nitrogens with zero attached hydrogens (tertiary/aromatic N) is 2. The average molecular weight is 257 g/mol.